The molecule has 0 amide bonds. The highest BCUT2D eigenvalue weighted by atomic mass is 16.1. The van der Waals surface area contributed by atoms with Gasteiger partial charge in [0.1, 0.15) is 7.05 Å². The molecule has 192 valence electrons. The van der Waals surface area contributed by atoms with E-state index in [1.807, 2.05) is 0 Å². The summed E-state index contributed by atoms with van der Waals surface area (Å²) in [6.45, 7) is 15.1. The van der Waals surface area contributed by atoms with Gasteiger partial charge in [0, 0.05) is 53.2 Å². The molecule has 0 saturated carbocycles. The van der Waals surface area contributed by atoms with Crippen molar-refractivity contribution in [2.45, 2.75) is 65.2 Å². The number of hydrogen-bond donors (Lipinski definition) is 1. The average molecular weight is 495 g/mol. The summed E-state index contributed by atoms with van der Waals surface area (Å²) in [7, 11) is 2.11. The molecule has 2 aromatic rings. The van der Waals surface area contributed by atoms with Gasteiger partial charge in [-0.2, -0.15) is 4.58 Å². The number of allylic oxidation sites excluding steroid dienone is 5. The number of para-hydroxylation sites is 2. The van der Waals surface area contributed by atoms with Crippen molar-refractivity contribution in [3.8, 4) is 0 Å². The Kier molecular flexibility index (Phi) is 6.26. The number of rotatable bonds is 7. The SMILES string of the molecule is CCCCNC1=C(C=C2N(CC)c3ccccc3C2(C)C)C(=O)C1=CC1=[N+](C)c2ccccc2C1(C)C. The van der Waals surface area contributed by atoms with Gasteiger partial charge in [0.2, 0.25) is 5.69 Å². The summed E-state index contributed by atoms with van der Waals surface area (Å²) >= 11 is 0. The Hall–Kier alpha value is -3.40. The Balaban J connectivity index is 1.61. The lowest BCUT2D eigenvalue weighted by atomic mass is 9.77. The predicted molar refractivity (Wildman–Crippen MR) is 154 cm³/mol. The third-order valence-electron chi connectivity index (χ3n) is 8.48. The van der Waals surface area contributed by atoms with Crippen LogP contribution in [0.2, 0.25) is 0 Å². The molecule has 0 fully saturated rings. The van der Waals surface area contributed by atoms with E-state index in [-0.39, 0.29) is 16.6 Å². The van der Waals surface area contributed by atoms with E-state index >= 15 is 0 Å². The second-order valence-corrected chi connectivity index (χ2v) is 11.5. The van der Waals surface area contributed by atoms with Crippen LogP contribution in [0.3, 0.4) is 0 Å². The van der Waals surface area contributed by atoms with Crippen LogP contribution in [0.4, 0.5) is 11.4 Å². The third-order valence-corrected chi connectivity index (χ3v) is 8.48. The van der Waals surface area contributed by atoms with Crippen LogP contribution < -0.4 is 10.2 Å². The minimum atomic E-state index is -0.171. The second kappa shape index (κ2) is 9.16. The number of hydrogen-bond acceptors (Lipinski definition) is 3. The summed E-state index contributed by atoms with van der Waals surface area (Å²) in [5.74, 6) is 0.127. The molecule has 0 radical (unpaired) electrons. The van der Waals surface area contributed by atoms with E-state index in [1.165, 1.54) is 28.2 Å². The van der Waals surface area contributed by atoms with Gasteiger partial charge in [-0.1, -0.05) is 63.6 Å². The van der Waals surface area contributed by atoms with E-state index in [0.29, 0.717) is 0 Å². The van der Waals surface area contributed by atoms with Crippen molar-refractivity contribution < 1.29 is 9.37 Å². The highest BCUT2D eigenvalue weighted by Gasteiger charge is 2.46. The Morgan fingerprint density at radius 2 is 1.59 bits per heavy atom. The summed E-state index contributed by atoms with van der Waals surface area (Å²) in [6.07, 6.45) is 6.46. The first-order chi connectivity index (χ1) is 17.6. The Morgan fingerprint density at radius 3 is 2.27 bits per heavy atom. The molecule has 0 atom stereocenters. The first-order valence-corrected chi connectivity index (χ1v) is 13.7. The fourth-order valence-electron chi connectivity index (χ4n) is 6.28. The number of carbonyl (C=O) groups is 1. The third kappa shape index (κ3) is 3.80. The van der Waals surface area contributed by atoms with Crippen LogP contribution >= 0.6 is 0 Å². The fraction of sp³-hybridized carbons (Fsp3) is 0.394. The Bertz CT molecular complexity index is 1400. The van der Waals surface area contributed by atoms with E-state index in [2.05, 4.69) is 124 Å². The number of Topliss-reactive ketones (excluding diaryl/α,β-unsaturated/α-hetero) is 1. The van der Waals surface area contributed by atoms with Crippen molar-refractivity contribution in [2.75, 3.05) is 25.0 Å². The lowest BCUT2D eigenvalue weighted by molar-refractivity contribution is -0.401. The molecule has 37 heavy (non-hydrogen) atoms. The number of nitrogens with zero attached hydrogens (tertiary/aromatic N) is 2. The monoisotopic (exact) mass is 494 g/mol. The van der Waals surface area contributed by atoms with E-state index in [9.17, 15) is 4.79 Å². The van der Waals surface area contributed by atoms with Crippen LogP contribution in [0, 0.1) is 0 Å². The second-order valence-electron chi connectivity index (χ2n) is 11.5. The summed E-state index contributed by atoms with van der Waals surface area (Å²) < 4.78 is 2.24. The lowest BCUT2D eigenvalue weighted by Gasteiger charge is -2.30. The van der Waals surface area contributed by atoms with Crippen LogP contribution in [0.5, 0.6) is 0 Å². The molecular weight excluding hydrogens is 454 g/mol. The molecule has 0 unspecified atom stereocenters. The molecular formula is C33H40N3O+. The first kappa shape index (κ1) is 25.3. The first-order valence-electron chi connectivity index (χ1n) is 13.7. The number of nitrogens with one attached hydrogen (secondary N) is 1. The summed E-state index contributed by atoms with van der Waals surface area (Å²) in [4.78, 5) is 16.2. The van der Waals surface area contributed by atoms with Gasteiger partial charge in [0.15, 0.2) is 11.5 Å². The van der Waals surface area contributed by atoms with Gasteiger partial charge in [-0.15, -0.1) is 0 Å². The number of anilines is 1. The maximum absolute atomic E-state index is 13.8. The normalized spacial score (nSPS) is 21.6. The smallest absolute Gasteiger partial charge is 0.209 e. The Morgan fingerprint density at radius 1 is 0.919 bits per heavy atom. The van der Waals surface area contributed by atoms with Crippen LogP contribution in [-0.2, 0) is 15.6 Å². The molecule has 2 heterocycles. The molecule has 1 aliphatic carbocycles. The minimum Gasteiger partial charge on any atom is -0.384 e. The number of fused-ring (bicyclic) bond motifs is 2. The summed E-state index contributed by atoms with van der Waals surface area (Å²) in [6, 6.07) is 17.2. The molecule has 2 aromatic carbocycles. The van der Waals surface area contributed by atoms with E-state index in [0.717, 1.165) is 48.5 Å². The molecule has 0 saturated heterocycles. The maximum atomic E-state index is 13.8. The number of carbonyl (C=O) groups excluding carboxylic acids is 1. The standard InChI is InChI=1S/C33H39N3O/c1-8-10-19-34-30-22(20-28-32(3,4)24-15-11-13-17-26(24)35(28)7)31(37)23(30)21-29-33(5,6)25-16-12-14-18-27(25)36(29)9-2/h11-18,20-21H,8-10,19H2,1-7H3/p+1. The van der Waals surface area contributed by atoms with Gasteiger partial charge < -0.3 is 10.2 Å². The minimum absolute atomic E-state index is 0.127. The van der Waals surface area contributed by atoms with Crippen LogP contribution in [0.25, 0.3) is 0 Å². The van der Waals surface area contributed by atoms with Crippen molar-refractivity contribution in [1.82, 2.24) is 5.32 Å². The lowest BCUT2D eigenvalue weighted by Crippen LogP contribution is -2.36. The molecule has 0 spiro atoms. The summed E-state index contributed by atoms with van der Waals surface area (Å²) in [5, 5.41) is 3.64. The molecule has 5 rings (SSSR count). The molecule has 3 aliphatic rings. The van der Waals surface area contributed by atoms with E-state index in [4.69, 9.17) is 0 Å². The van der Waals surface area contributed by atoms with Crippen LogP contribution in [0.1, 0.15) is 65.5 Å². The molecule has 0 bridgehead atoms. The van der Waals surface area contributed by atoms with Crippen LogP contribution in [0.15, 0.2) is 83.2 Å². The zero-order chi connectivity index (χ0) is 26.5. The number of benzene rings is 2. The van der Waals surface area contributed by atoms with Crippen molar-refractivity contribution in [3.63, 3.8) is 0 Å². The van der Waals surface area contributed by atoms with Gasteiger partial charge >= 0.3 is 0 Å². The van der Waals surface area contributed by atoms with Crippen LogP contribution in [-0.4, -0.2) is 36.2 Å². The van der Waals surface area contributed by atoms with Crippen molar-refractivity contribution in [1.29, 1.82) is 0 Å². The highest BCUT2D eigenvalue weighted by molar-refractivity contribution is 6.24. The van der Waals surface area contributed by atoms with Gasteiger partial charge in [-0.05, 0) is 44.9 Å². The number of ketones is 1. The van der Waals surface area contributed by atoms with Gasteiger partial charge in [-0.25, -0.2) is 0 Å². The molecule has 1 N–H and O–H groups in total. The van der Waals surface area contributed by atoms with E-state index < -0.39 is 0 Å². The van der Waals surface area contributed by atoms with Gasteiger partial charge in [0.25, 0.3) is 0 Å². The van der Waals surface area contributed by atoms with Gasteiger partial charge in [0.05, 0.1) is 16.7 Å². The summed E-state index contributed by atoms with van der Waals surface area (Å²) in [5.41, 5.74) is 9.65. The molecule has 4 heteroatoms. The highest BCUT2D eigenvalue weighted by Crippen LogP contribution is 2.49. The molecule has 4 nitrogen and oxygen atoms in total. The maximum Gasteiger partial charge on any atom is 0.209 e. The number of likely N-dealkylation sites (N-methyl/N-ethyl adjacent to an activating group) is 1. The topological polar surface area (TPSA) is 35.4 Å². The number of unbranched alkanes of at least 4 members (excludes halogenated alkanes) is 1. The predicted octanol–water partition coefficient (Wildman–Crippen LogP) is 6.55. The van der Waals surface area contributed by atoms with E-state index in [1.54, 1.807) is 0 Å². The largest absolute Gasteiger partial charge is 0.384 e. The zero-order valence-corrected chi connectivity index (χ0v) is 23.4. The quantitative estimate of drug-likeness (QED) is 0.269. The zero-order valence-electron chi connectivity index (χ0n) is 23.4. The van der Waals surface area contributed by atoms with Crippen molar-refractivity contribution in [3.05, 3.63) is 94.4 Å². The Labute approximate surface area is 222 Å². The van der Waals surface area contributed by atoms with Gasteiger partial charge in [-0.3, -0.25) is 4.79 Å². The molecule has 0 aromatic heterocycles. The fourth-order valence-corrected chi connectivity index (χ4v) is 6.28. The van der Waals surface area contributed by atoms with Crippen molar-refractivity contribution in [2.24, 2.45) is 0 Å². The molecule has 2 aliphatic heterocycles. The average Bonchev–Trinajstić information content (AvgIpc) is 3.22. The van der Waals surface area contributed by atoms with Crippen molar-refractivity contribution >= 4 is 22.9 Å².